The molecule has 0 saturated heterocycles. The largest absolute Gasteiger partial charge is 0.573 e. The number of aromatic carboxylic acids is 1. The SMILES string of the molecule is O=C(O)c1ccc(NC(=O)c2ncn(-c3ccc(OC(F)(F)F)cc3)n2)cc1. The predicted molar refractivity (Wildman–Crippen MR) is 89.4 cm³/mol. The van der Waals surface area contributed by atoms with Gasteiger partial charge >= 0.3 is 12.3 Å². The van der Waals surface area contributed by atoms with E-state index in [2.05, 4.69) is 20.1 Å². The van der Waals surface area contributed by atoms with Gasteiger partial charge in [0.15, 0.2) is 0 Å². The van der Waals surface area contributed by atoms with Crippen LogP contribution in [-0.4, -0.2) is 38.1 Å². The van der Waals surface area contributed by atoms with Gasteiger partial charge in [0.1, 0.15) is 12.1 Å². The molecule has 0 radical (unpaired) electrons. The fourth-order valence-electron chi connectivity index (χ4n) is 2.18. The summed E-state index contributed by atoms with van der Waals surface area (Å²) in [5.41, 5.74) is 0.783. The highest BCUT2D eigenvalue weighted by Crippen LogP contribution is 2.23. The zero-order chi connectivity index (χ0) is 20.3. The Morgan fingerprint density at radius 2 is 1.68 bits per heavy atom. The second-order valence-electron chi connectivity index (χ2n) is 5.39. The number of ether oxygens (including phenoxy) is 1. The quantitative estimate of drug-likeness (QED) is 0.691. The van der Waals surface area contributed by atoms with Crippen molar-refractivity contribution in [1.29, 1.82) is 0 Å². The molecule has 0 aliphatic rings. The normalized spacial score (nSPS) is 11.1. The van der Waals surface area contributed by atoms with Gasteiger partial charge in [-0.1, -0.05) is 0 Å². The van der Waals surface area contributed by atoms with Crippen molar-refractivity contribution in [1.82, 2.24) is 14.8 Å². The highest BCUT2D eigenvalue weighted by Gasteiger charge is 2.31. The van der Waals surface area contributed by atoms with Crippen molar-refractivity contribution >= 4 is 17.6 Å². The van der Waals surface area contributed by atoms with Gasteiger partial charge in [-0.25, -0.2) is 14.5 Å². The molecule has 0 spiro atoms. The fourth-order valence-corrected chi connectivity index (χ4v) is 2.18. The molecule has 8 nitrogen and oxygen atoms in total. The summed E-state index contributed by atoms with van der Waals surface area (Å²) < 4.78 is 41.5. The molecule has 0 bridgehead atoms. The van der Waals surface area contributed by atoms with Crippen LogP contribution < -0.4 is 10.1 Å². The second kappa shape index (κ2) is 7.39. The van der Waals surface area contributed by atoms with Gasteiger partial charge in [-0.15, -0.1) is 18.3 Å². The molecule has 0 saturated carbocycles. The first-order chi connectivity index (χ1) is 13.2. The Kier molecular flexibility index (Phi) is 4.98. The van der Waals surface area contributed by atoms with Crippen molar-refractivity contribution in [2.45, 2.75) is 6.36 Å². The minimum Gasteiger partial charge on any atom is -0.478 e. The fraction of sp³-hybridized carbons (Fsp3) is 0.0588. The molecule has 1 aromatic heterocycles. The number of amides is 1. The third-order valence-electron chi connectivity index (χ3n) is 3.42. The van der Waals surface area contributed by atoms with Gasteiger partial charge < -0.3 is 15.2 Å². The van der Waals surface area contributed by atoms with Crippen LogP contribution in [0.5, 0.6) is 5.75 Å². The molecule has 0 aliphatic heterocycles. The molecule has 3 rings (SSSR count). The van der Waals surface area contributed by atoms with Gasteiger partial charge in [0.05, 0.1) is 11.3 Å². The summed E-state index contributed by atoms with van der Waals surface area (Å²) in [4.78, 5) is 26.8. The van der Waals surface area contributed by atoms with Crippen LogP contribution in [0, 0.1) is 0 Å². The maximum Gasteiger partial charge on any atom is 0.573 e. The molecule has 28 heavy (non-hydrogen) atoms. The number of aromatic nitrogens is 3. The van der Waals surface area contributed by atoms with E-state index in [0.29, 0.717) is 11.4 Å². The van der Waals surface area contributed by atoms with E-state index >= 15 is 0 Å². The van der Waals surface area contributed by atoms with Crippen molar-refractivity contribution in [2.75, 3.05) is 5.32 Å². The van der Waals surface area contributed by atoms with Crippen molar-refractivity contribution in [3.05, 3.63) is 66.2 Å². The van der Waals surface area contributed by atoms with Gasteiger partial charge in [0, 0.05) is 5.69 Å². The molecular weight excluding hydrogens is 381 g/mol. The highest BCUT2D eigenvalue weighted by molar-refractivity contribution is 6.01. The summed E-state index contributed by atoms with van der Waals surface area (Å²) in [6.45, 7) is 0. The number of alkyl halides is 3. The van der Waals surface area contributed by atoms with Crippen LogP contribution in [0.15, 0.2) is 54.9 Å². The van der Waals surface area contributed by atoms with E-state index in [1.807, 2.05) is 0 Å². The first kappa shape index (κ1) is 18.9. The Labute approximate surface area is 155 Å². The van der Waals surface area contributed by atoms with Gasteiger partial charge in [0.25, 0.3) is 5.91 Å². The summed E-state index contributed by atoms with van der Waals surface area (Å²) in [5.74, 6) is -2.30. The zero-order valence-electron chi connectivity index (χ0n) is 13.8. The number of nitrogens with zero attached hydrogens (tertiary/aromatic N) is 3. The van der Waals surface area contributed by atoms with Crippen LogP contribution in [-0.2, 0) is 0 Å². The summed E-state index contributed by atoms with van der Waals surface area (Å²) in [6.07, 6.45) is -3.56. The predicted octanol–water partition coefficient (Wildman–Crippen LogP) is 3.12. The molecule has 2 aromatic carbocycles. The molecule has 0 unspecified atom stereocenters. The summed E-state index contributed by atoms with van der Waals surface area (Å²) in [6, 6.07) is 10.3. The van der Waals surface area contributed by atoms with Crippen molar-refractivity contribution in [2.24, 2.45) is 0 Å². The summed E-state index contributed by atoms with van der Waals surface area (Å²) >= 11 is 0. The smallest absolute Gasteiger partial charge is 0.478 e. The maximum absolute atomic E-state index is 12.2. The first-order valence-electron chi connectivity index (χ1n) is 7.64. The molecular formula is C17H11F3N4O4. The minimum atomic E-state index is -4.79. The monoisotopic (exact) mass is 392 g/mol. The van der Waals surface area contributed by atoms with E-state index < -0.39 is 18.2 Å². The van der Waals surface area contributed by atoms with Gasteiger partial charge in [-0.2, -0.15) is 0 Å². The Bertz CT molecular complexity index is 998. The average molecular weight is 392 g/mol. The molecule has 0 fully saturated rings. The van der Waals surface area contributed by atoms with E-state index in [0.717, 1.165) is 12.1 Å². The Balaban J connectivity index is 1.69. The number of anilines is 1. The number of halogens is 3. The number of carboxylic acid groups (broad SMARTS) is 1. The molecule has 3 aromatic rings. The van der Waals surface area contributed by atoms with Crippen molar-refractivity contribution < 1.29 is 32.6 Å². The molecule has 1 heterocycles. The van der Waals surface area contributed by atoms with Crippen LogP contribution >= 0.6 is 0 Å². The lowest BCUT2D eigenvalue weighted by atomic mass is 10.2. The number of carbonyl (C=O) groups excluding carboxylic acids is 1. The molecule has 0 aliphatic carbocycles. The van der Waals surface area contributed by atoms with E-state index in [1.165, 1.54) is 47.4 Å². The van der Waals surface area contributed by atoms with Crippen LogP contribution in [0.2, 0.25) is 0 Å². The zero-order valence-corrected chi connectivity index (χ0v) is 13.8. The van der Waals surface area contributed by atoms with Gasteiger partial charge in [0.2, 0.25) is 5.82 Å². The van der Waals surface area contributed by atoms with E-state index in [-0.39, 0.29) is 17.1 Å². The maximum atomic E-state index is 12.2. The number of nitrogens with one attached hydrogen (secondary N) is 1. The number of carbonyl (C=O) groups is 2. The molecule has 144 valence electrons. The number of benzene rings is 2. The first-order valence-corrected chi connectivity index (χ1v) is 7.64. The van der Waals surface area contributed by atoms with Gasteiger partial charge in [-0.3, -0.25) is 4.79 Å². The van der Waals surface area contributed by atoms with Crippen LogP contribution in [0.3, 0.4) is 0 Å². The van der Waals surface area contributed by atoms with E-state index in [1.54, 1.807) is 0 Å². The number of carboxylic acids is 1. The standard InChI is InChI=1S/C17H11F3N4O4/c18-17(19,20)28-13-7-5-12(6-8-13)24-9-21-14(23-24)15(25)22-11-3-1-10(2-4-11)16(26)27/h1-9H,(H,22,25)(H,26,27). The van der Waals surface area contributed by atoms with Crippen molar-refractivity contribution in [3.63, 3.8) is 0 Å². The van der Waals surface area contributed by atoms with Crippen LogP contribution in [0.4, 0.5) is 18.9 Å². The number of rotatable bonds is 5. The van der Waals surface area contributed by atoms with Crippen LogP contribution in [0.1, 0.15) is 21.0 Å². The molecule has 1 amide bonds. The number of hydrogen-bond acceptors (Lipinski definition) is 5. The lowest BCUT2D eigenvalue weighted by molar-refractivity contribution is -0.274. The summed E-state index contributed by atoms with van der Waals surface area (Å²) in [7, 11) is 0. The molecule has 0 atom stereocenters. The Hall–Kier alpha value is -3.89. The lowest BCUT2D eigenvalue weighted by Gasteiger charge is -2.09. The molecule has 11 heteroatoms. The van der Waals surface area contributed by atoms with Gasteiger partial charge in [-0.05, 0) is 48.5 Å². The van der Waals surface area contributed by atoms with E-state index in [9.17, 15) is 22.8 Å². The number of hydrogen-bond donors (Lipinski definition) is 2. The Morgan fingerprint density at radius 3 is 2.25 bits per heavy atom. The topological polar surface area (TPSA) is 106 Å². The third-order valence-corrected chi connectivity index (χ3v) is 3.42. The lowest BCUT2D eigenvalue weighted by Crippen LogP contribution is -2.17. The highest BCUT2D eigenvalue weighted by atomic mass is 19.4. The minimum absolute atomic E-state index is 0.0679. The van der Waals surface area contributed by atoms with Crippen LogP contribution in [0.25, 0.3) is 5.69 Å². The third kappa shape index (κ3) is 4.63. The average Bonchev–Trinajstić information content (AvgIpc) is 3.12. The second-order valence-corrected chi connectivity index (χ2v) is 5.39. The Morgan fingerprint density at radius 1 is 1.04 bits per heavy atom. The van der Waals surface area contributed by atoms with E-state index in [4.69, 9.17) is 5.11 Å². The summed E-state index contributed by atoms with van der Waals surface area (Å²) in [5, 5.41) is 15.3. The van der Waals surface area contributed by atoms with Crippen molar-refractivity contribution in [3.8, 4) is 11.4 Å². The molecule has 2 N–H and O–H groups in total.